The number of aryl methyl sites for hydroxylation is 1. The molecule has 2 atom stereocenters. The van der Waals surface area contributed by atoms with E-state index in [1.54, 1.807) is 55.6 Å². The van der Waals surface area contributed by atoms with Gasteiger partial charge in [0.15, 0.2) is 0 Å². The van der Waals surface area contributed by atoms with E-state index < -0.39 is 42.6 Å². The highest BCUT2D eigenvalue weighted by Crippen LogP contribution is 2.44. The van der Waals surface area contributed by atoms with Gasteiger partial charge in [0.2, 0.25) is 17.8 Å². The molecule has 3 N–H and O–H groups in total. The Bertz CT molecular complexity index is 3160. The predicted molar refractivity (Wildman–Crippen MR) is 275 cm³/mol. The van der Waals surface area contributed by atoms with Gasteiger partial charge in [0.05, 0.1) is 45.6 Å². The Morgan fingerprint density at radius 1 is 0.831 bits per heavy atom. The van der Waals surface area contributed by atoms with Gasteiger partial charge in [0.25, 0.3) is 11.8 Å². The maximum absolute atomic E-state index is 16.3. The molecule has 20 heteroatoms. The third-order valence-electron chi connectivity index (χ3n) is 13.6. The molecule has 4 aliphatic heterocycles. The fraction of sp³-hybridized carbons (Fsp3) is 0.314. The third kappa shape index (κ3) is 9.53. The van der Waals surface area contributed by atoms with Crippen LogP contribution >= 0.6 is 23.1 Å². The van der Waals surface area contributed by atoms with Gasteiger partial charge in [-0.2, -0.15) is 10.1 Å². The average Bonchev–Trinajstić information content (AvgIpc) is 4.07. The second-order valence-electron chi connectivity index (χ2n) is 18.7. The van der Waals surface area contributed by atoms with Crippen molar-refractivity contribution in [2.75, 3.05) is 86.7 Å². The number of rotatable bonds is 13. The van der Waals surface area contributed by atoms with Crippen LogP contribution in [0.4, 0.5) is 38.9 Å². The number of benzene rings is 4. The van der Waals surface area contributed by atoms with Crippen LogP contribution in [0.1, 0.15) is 40.0 Å². The summed E-state index contributed by atoms with van der Waals surface area (Å²) in [4.78, 5) is 68.5. The van der Waals surface area contributed by atoms with E-state index in [0.717, 1.165) is 79.6 Å². The normalized spacial score (nSPS) is 18.5. The largest absolute Gasteiger partial charge is 0.494 e. The van der Waals surface area contributed by atoms with Crippen molar-refractivity contribution < 1.29 is 32.9 Å². The topological polar surface area (TPSA) is 187 Å². The van der Waals surface area contributed by atoms with Crippen LogP contribution in [0.2, 0.25) is 0 Å². The number of carbonyl (C=O) groups excluding carboxylic acids is 4. The van der Waals surface area contributed by atoms with Crippen LogP contribution in [-0.2, 0) is 21.2 Å². The van der Waals surface area contributed by atoms with Crippen LogP contribution in [-0.4, -0.2) is 125 Å². The zero-order valence-electron chi connectivity index (χ0n) is 39.6. The van der Waals surface area contributed by atoms with Crippen molar-refractivity contribution in [1.29, 1.82) is 0 Å². The van der Waals surface area contributed by atoms with Crippen molar-refractivity contribution in [1.82, 2.24) is 34.9 Å². The first-order valence-corrected chi connectivity index (χ1v) is 26.8. The second-order valence-corrected chi connectivity index (χ2v) is 22.7. The number of imide groups is 2. The van der Waals surface area contributed by atoms with Crippen LogP contribution in [0.15, 0.2) is 95.9 Å². The number of nitrogens with zero attached hydrogens (tertiary/aromatic N) is 8. The molecule has 3 saturated heterocycles. The van der Waals surface area contributed by atoms with Gasteiger partial charge in [0, 0.05) is 106 Å². The summed E-state index contributed by atoms with van der Waals surface area (Å²) in [5.74, 6) is -1.05. The molecule has 1 unspecified atom stereocenters. The molecule has 10 rings (SSSR count). The summed E-state index contributed by atoms with van der Waals surface area (Å²) in [6.07, 6.45) is 6.56. The van der Waals surface area contributed by atoms with Crippen molar-refractivity contribution in [3.63, 3.8) is 0 Å². The zero-order valence-corrected chi connectivity index (χ0v) is 42.1. The Morgan fingerprint density at radius 2 is 1.59 bits per heavy atom. The van der Waals surface area contributed by atoms with E-state index in [-0.39, 0.29) is 35.2 Å². The molecule has 0 saturated carbocycles. The molecular weight excluding hydrogens is 993 g/mol. The van der Waals surface area contributed by atoms with Gasteiger partial charge in [-0.3, -0.25) is 39.0 Å². The Hall–Kier alpha value is -6.95. The Labute approximate surface area is 418 Å². The third-order valence-corrected chi connectivity index (χ3v) is 15.7. The molecule has 4 aliphatic rings. The molecule has 17 nitrogen and oxygen atoms in total. The number of amides is 4. The van der Waals surface area contributed by atoms with E-state index in [9.17, 15) is 23.7 Å². The summed E-state index contributed by atoms with van der Waals surface area (Å²) < 4.78 is 38.2. The summed E-state index contributed by atoms with van der Waals surface area (Å²) in [7, 11) is 0.364. The number of piperidine rings is 1. The zero-order chi connectivity index (χ0) is 49.7. The molecule has 0 bridgehead atoms. The standard InChI is InChI=1S/C51H52BrFN11O6P/c1-60-29-32(25-55-60)36-23-40(57-51-54-26-38(52)47(59-51)56-39-13-12-34(31-8-6-5-7-9-31)45(53)46(39)71(3,4)69)43(70-2)24-42(36)62-20-18-61(19-21-62)27-30-16-17-63(28-30)33-10-11-35-37(22-33)50(68)64(49(35)67)41-14-15-44(65)58-48(41)66/h5-13,22-26,29-30,41H,14-21,27-28H2,1-4H3,(H,58,65,66)(H2,54,56,57,59)/t30-,41?/m0/s1. The lowest BCUT2D eigenvalue weighted by atomic mass is 10.0. The predicted octanol–water partition coefficient (Wildman–Crippen LogP) is 7.24. The van der Waals surface area contributed by atoms with E-state index in [4.69, 9.17) is 9.72 Å². The molecule has 3 fully saturated rings. The molecule has 0 radical (unpaired) electrons. The van der Waals surface area contributed by atoms with Crippen molar-refractivity contribution >= 4 is 86.5 Å². The monoisotopic (exact) mass is 1040 g/mol. The summed E-state index contributed by atoms with van der Waals surface area (Å²) >= 11 is 3.55. The van der Waals surface area contributed by atoms with E-state index >= 15 is 4.39 Å². The van der Waals surface area contributed by atoms with Crippen molar-refractivity contribution in [2.45, 2.75) is 25.3 Å². The van der Waals surface area contributed by atoms with Gasteiger partial charge in [-0.15, -0.1) is 0 Å². The number of halogens is 2. The number of aromatic nitrogens is 4. The van der Waals surface area contributed by atoms with Gasteiger partial charge < -0.3 is 29.7 Å². The fourth-order valence-corrected chi connectivity index (χ4v) is 11.7. The molecule has 0 aliphatic carbocycles. The van der Waals surface area contributed by atoms with E-state index in [1.807, 2.05) is 68.0 Å². The number of hydrogen-bond acceptors (Lipinski definition) is 14. The minimum atomic E-state index is -3.13. The van der Waals surface area contributed by atoms with Crippen molar-refractivity contribution in [3.8, 4) is 28.0 Å². The van der Waals surface area contributed by atoms with E-state index in [0.29, 0.717) is 44.5 Å². The van der Waals surface area contributed by atoms with E-state index in [1.165, 1.54) is 0 Å². The number of anilines is 6. The number of fused-ring (bicyclic) bond motifs is 1. The molecular formula is C51H52BrFN11O6P. The van der Waals surface area contributed by atoms with Crippen molar-refractivity contribution in [3.05, 3.63) is 113 Å². The number of nitrogens with one attached hydrogen (secondary N) is 3. The highest BCUT2D eigenvalue weighted by Gasteiger charge is 2.45. The molecule has 6 aromatic rings. The molecule has 4 aromatic carbocycles. The number of piperazine rings is 1. The summed E-state index contributed by atoms with van der Waals surface area (Å²) in [6, 6.07) is 20.9. The fourth-order valence-electron chi connectivity index (χ4n) is 10.1. The quantitative estimate of drug-likeness (QED) is 0.0776. The average molecular weight is 1040 g/mol. The number of ether oxygens (including phenoxy) is 1. The summed E-state index contributed by atoms with van der Waals surface area (Å²) in [5, 5.41) is 13.4. The van der Waals surface area contributed by atoms with Gasteiger partial charge in [-0.1, -0.05) is 30.3 Å². The molecule has 366 valence electrons. The number of methoxy groups -OCH3 is 1. The highest BCUT2D eigenvalue weighted by atomic mass is 79.9. The molecule has 6 heterocycles. The van der Waals surface area contributed by atoms with Gasteiger partial charge in [0.1, 0.15) is 30.6 Å². The lowest BCUT2D eigenvalue weighted by Gasteiger charge is -2.38. The minimum absolute atomic E-state index is 0.0721. The van der Waals surface area contributed by atoms with Crippen molar-refractivity contribution in [2.24, 2.45) is 13.0 Å². The van der Waals surface area contributed by atoms with Gasteiger partial charge in [-0.25, -0.2) is 9.37 Å². The molecule has 4 amide bonds. The lowest BCUT2D eigenvalue weighted by Crippen LogP contribution is -2.54. The van der Waals surface area contributed by atoms with Gasteiger partial charge >= 0.3 is 0 Å². The van der Waals surface area contributed by atoms with Crippen LogP contribution < -0.4 is 35.8 Å². The summed E-state index contributed by atoms with van der Waals surface area (Å²) in [6.45, 7) is 8.83. The van der Waals surface area contributed by atoms with Crippen LogP contribution in [0.3, 0.4) is 0 Å². The second kappa shape index (κ2) is 19.3. The van der Waals surface area contributed by atoms with E-state index in [2.05, 4.69) is 56.7 Å². The van der Waals surface area contributed by atoms with Gasteiger partial charge in [-0.05, 0) is 90.0 Å². The highest BCUT2D eigenvalue weighted by molar-refractivity contribution is 9.10. The molecule has 71 heavy (non-hydrogen) atoms. The van der Waals surface area contributed by atoms with Crippen LogP contribution in [0, 0.1) is 11.7 Å². The first-order valence-electron chi connectivity index (χ1n) is 23.4. The SMILES string of the molecule is COc1cc(N2CCN(C[C@@H]3CCN(c4ccc5c(c4)C(=O)N(C4CCC(=O)NC4=O)C5=O)C3)CC2)c(-c2cnn(C)c2)cc1Nc1ncc(Br)c(Nc2ccc(-c3ccccc3)c(F)c2P(C)(C)=O)n1. The lowest BCUT2D eigenvalue weighted by molar-refractivity contribution is -0.136. The minimum Gasteiger partial charge on any atom is -0.494 e. The van der Waals surface area contributed by atoms with Crippen LogP contribution in [0.5, 0.6) is 5.75 Å². The summed E-state index contributed by atoms with van der Waals surface area (Å²) in [5.41, 5.74) is 6.26. The molecule has 0 spiro atoms. The molecule has 2 aromatic heterocycles. The Morgan fingerprint density at radius 3 is 2.31 bits per heavy atom. The smallest absolute Gasteiger partial charge is 0.262 e. The Balaban J connectivity index is 0.822. The number of carbonyl (C=O) groups is 4. The number of hydrogen-bond donors (Lipinski definition) is 3. The Kier molecular flexibility index (Phi) is 13.0. The maximum atomic E-state index is 16.3. The first kappa shape index (κ1) is 47.7. The first-order chi connectivity index (χ1) is 34.1. The maximum Gasteiger partial charge on any atom is 0.262 e. The van der Waals surface area contributed by atoms with Crippen LogP contribution in [0.25, 0.3) is 22.3 Å².